The molecule has 0 unspecified atom stereocenters. The van der Waals surface area contributed by atoms with Gasteiger partial charge in [0.15, 0.2) is 11.0 Å². The van der Waals surface area contributed by atoms with Gasteiger partial charge in [-0.1, -0.05) is 65.2 Å². The van der Waals surface area contributed by atoms with Gasteiger partial charge in [-0.25, -0.2) is 14.6 Å². The number of amides is 3. The Labute approximate surface area is 434 Å². The van der Waals surface area contributed by atoms with Crippen LogP contribution in [0.3, 0.4) is 0 Å². The number of aliphatic hydroxyl groups is 1. The van der Waals surface area contributed by atoms with Gasteiger partial charge in [-0.15, -0.1) is 0 Å². The standard InChI is InChI=1S/C46H57N5O12.C6H14N2.Pt/c1-3-30-31-25-29(15-16-35(31)47-39-32(30)27-51-36(39)26-34-33(40(51)54)28-62-43(59)46(34,61)4-2)63-44(60)50-23-21-49(22-24-50)38(53)14-12-10-8-6-5-7-9-11-13-37(52)48-19-17-45(18-20-48,41(55)56)42(57)58;7-5-3-1-2-4-6(5)8;/h15-16,25-26,61H,3-14,17-24,27-28H2,1-2H3,(H,55,56)(H,57,58);5-6H,1-4,7-8H2;/q;;+4/t46-;5-,6-;/m01./s1. The number of carboxylic acid groups (broad SMARTS) is 2. The Morgan fingerprint density at radius 2 is 1.31 bits per heavy atom. The number of piperazine rings is 1. The summed E-state index contributed by atoms with van der Waals surface area (Å²) in [6, 6.07) is 7.51. The Morgan fingerprint density at radius 3 is 1.83 bits per heavy atom. The van der Waals surface area contributed by atoms with E-state index in [-0.39, 0.29) is 107 Å². The topological polar surface area (TPSA) is 278 Å². The molecule has 5 aliphatic rings. The van der Waals surface area contributed by atoms with Gasteiger partial charge in [-0.05, 0) is 81.2 Å². The maximum atomic E-state index is 13.7. The molecule has 72 heavy (non-hydrogen) atoms. The molecule has 2 saturated heterocycles. The molecule has 7 N–H and O–H groups in total. The second-order valence-electron chi connectivity index (χ2n) is 19.8. The van der Waals surface area contributed by atoms with Crippen molar-refractivity contribution >= 4 is 46.7 Å². The van der Waals surface area contributed by atoms with E-state index in [0.717, 1.165) is 80.7 Å². The fraction of sp³-hybridized carbons (Fsp3) is 0.615. The zero-order chi connectivity index (χ0) is 51.0. The summed E-state index contributed by atoms with van der Waals surface area (Å²) in [7, 11) is 0. The van der Waals surface area contributed by atoms with Crippen molar-refractivity contribution in [2.75, 3.05) is 39.3 Å². The van der Waals surface area contributed by atoms with Crippen LogP contribution in [-0.2, 0) is 74.9 Å². The van der Waals surface area contributed by atoms with Gasteiger partial charge in [0.05, 0.1) is 29.0 Å². The van der Waals surface area contributed by atoms with Crippen molar-refractivity contribution in [1.29, 1.82) is 0 Å². The minimum atomic E-state index is -1.91. The SMILES string of the molecule is CCc1c2c(nc3ccc(OC(=O)N4CCN(C(=O)CCCCCCCCCCC(=O)N5CCC(C(=O)O)(C(=O)O)CC5)CC4)cc13)-c1cc3c(c(=O)n1C2)COC(=O)[C@]3(O)CC.N[C@@H]1CCCC[C@H]1N.[Pt+4]. The first-order valence-electron chi connectivity index (χ1n) is 25.7. The number of pyridine rings is 2. The van der Waals surface area contributed by atoms with E-state index in [1.807, 2.05) is 6.92 Å². The summed E-state index contributed by atoms with van der Waals surface area (Å²) < 4.78 is 12.6. The van der Waals surface area contributed by atoms with Crippen molar-refractivity contribution in [1.82, 2.24) is 24.3 Å². The Balaban J connectivity index is 0.000000857. The molecule has 3 aromatic rings. The predicted molar refractivity (Wildman–Crippen MR) is 262 cm³/mol. The quantitative estimate of drug-likeness (QED) is 0.0550. The van der Waals surface area contributed by atoms with Crippen LogP contribution in [0.2, 0.25) is 0 Å². The van der Waals surface area contributed by atoms with Crippen molar-refractivity contribution in [3.8, 4) is 17.1 Å². The van der Waals surface area contributed by atoms with Gasteiger partial charge in [0.2, 0.25) is 11.8 Å². The van der Waals surface area contributed by atoms with Gasteiger partial charge in [0, 0.05) is 80.7 Å². The van der Waals surface area contributed by atoms with E-state index >= 15 is 0 Å². The van der Waals surface area contributed by atoms with Crippen molar-refractivity contribution in [2.24, 2.45) is 16.9 Å². The third-order valence-electron chi connectivity index (χ3n) is 15.4. The first kappa shape index (κ1) is 56.1. The number of ether oxygens (including phenoxy) is 2. The number of aliphatic carboxylic acids is 2. The number of cyclic esters (lactones) is 1. The van der Waals surface area contributed by atoms with Crippen molar-refractivity contribution in [3.63, 3.8) is 0 Å². The van der Waals surface area contributed by atoms with Crippen LogP contribution in [0.5, 0.6) is 5.75 Å². The van der Waals surface area contributed by atoms with E-state index in [4.69, 9.17) is 25.9 Å². The predicted octanol–water partition coefficient (Wildman–Crippen LogP) is 5.18. The summed E-state index contributed by atoms with van der Waals surface area (Å²) in [5, 5.41) is 30.8. The number of hydrogen-bond acceptors (Lipinski definition) is 13. The van der Waals surface area contributed by atoms with Crippen LogP contribution in [0.15, 0.2) is 29.1 Å². The number of rotatable bonds is 16. The smallest absolute Gasteiger partial charge is 0.480 e. The van der Waals surface area contributed by atoms with Crippen LogP contribution in [-0.4, -0.2) is 127 Å². The number of piperidine rings is 1. The molecule has 3 amide bonds. The number of hydrogen-bond donors (Lipinski definition) is 5. The van der Waals surface area contributed by atoms with E-state index < -0.39 is 35.0 Å². The molecule has 6 heterocycles. The van der Waals surface area contributed by atoms with Crippen LogP contribution < -0.4 is 21.8 Å². The fourth-order valence-electron chi connectivity index (χ4n) is 10.7. The van der Waals surface area contributed by atoms with Gasteiger partial charge in [-0.2, -0.15) is 0 Å². The third kappa shape index (κ3) is 12.1. The first-order valence-corrected chi connectivity index (χ1v) is 25.7. The molecule has 19 nitrogen and oxygen atoms in total. The van der Waals surface area contributed by atoms with Crippen LogP contribution in [0.25, 0.3) is 22.3 Å². The number of carboxylic acids is 2. The molecule has 20 heteroatoms. The minimum absolute atomic E-state index is 0. The van der Waals surface area contributed by atoms with E-state index in [1.54, 1.807) is 50.5 Å². The molecule has 1 aliphatic carbocycles. The normalized spacial score (nSPS) is 21.0. The van der Waals surface area contributed by atoms with Gasteiger partial charge < -0.3 is 55.5 Å². The van der Waals surface area contributed by atoms with Crippen molar-refractivity contribution < 1.29 is 74.6 Å². The van der Waals surface area contributed by atoms with Gasteiger partial charge >= 0.3 is 45.1 Å². The van der Waals surface area contributed by atoms with E-state index in [1.165, 1.54) is 12.8 Å². The number of likely N-dealkylation sites (tertiary alicyclic amines) is 1. The number of unbranched alkanes of at least 4 members (excludes halogenated alkanes) is 7. The van der Waals surface area contributed by atoms with E-state index in [2.05, 4.69) is 0 Å². The van der Waals surface area contributed by atoms with E-state index in [9.17, 15) is 48.9 Å². The molecule has 1 saturated carbocycles. The Kier molecular flexibility index (Phi) is 19.2. The summed E-state index contributed by atoms with van der Waals surface area (Å²) in [6.07, 6.45) is 13.1. The Hall–Kier alpha value is -5.23. The second kappa shape index (κ2) is 24.7. The number of carbonyl (C=O) groups excluding carboxylic acids is 4. The van der Waals surface area contributed by atoms with Gasteiger partial charge in [0.1, 0.15) is 12.4 Å². The average Bonchev–Trinajstić information content (AvgIpc) is 3.74. The zero-order valence-electron chi connectivity index (χ0n) is 41.6. The van der Waals surface area contributed by atoms with Crippen LogP contribution in [0.1, 0.15) is 145 Å². The molecule has 392 valence electrons. The molecule has 0 bridgehead atoms. The molecule has 1 aromatic carbocycles. The molecule has 8 rings (SSSR count). The number of nitrogens with two attached hydrogens (primary N) is 2. The average molecular weight is 1180 g/mol. The summed E-state index contributed by atoms with van der Waals surface area (Å²) in [5.41, 5.74) is 11.4. The Bertz CT molecular complexity index is 2530. The summed E-state index contributed by atoms with van der Waals surface area (Å²) >= 11 is 0. The number of aryl methyl sites for hydroxylation is 1. The molecule has 0 radical (unpaired) electrons. The molecule has 3 fully saturated rings. The number of nitrogens with zero attached hydrogens (tertiary/aromatic N) is 5. The maximum absolute atomic E-state index is 13.7. The number of esters is 1. The number of carbonyl (C=O) groups is 6. The number of benzene rings is 1. The molecule has 0 spiro atoms. The third-order valence-corrected chi connectivity index (χ3v) is 15.4. The summed E-state index contributed by atoms with van der Waals surface area (Å²) in [4.78, 5) is 98.0. The number of fused-ring (bicyclic) bond motifs is 5. The van der Waals surface area contributed by atoms with Crippen molar-refractivity contribution in [3.05, 3.63) is 56.9 Å². The van der Waals surface area contributed by atoms with Crippen molar-refractivity contribution in [2.45, 2.75) is 160 Å². The maximum Gasteiger partial charge on any atom is 4.00 e. The Morgan fingerprint density at radius 1 is 0.764 bits per heavy atom. The molecule has 3 atom stereocenters. The minimum Gasteiger partial charge on any atom is -0.480 e. The molecular weight excluding hydrogens is 1110 g/mol. The van der Waals surface area contributed by atoms with Gasteiger partial charge in [0.25, 0.3) is 5.56 Å². The largest absolute Gasteiger partial charge is 4.00 e. The molecular formula is C52H71N7O12Pt+4. The summed E-state index contributed by atoms with van der Waals surface area (Å²) in [5.74, 6) is -3.09. The zero-order valence-corrected chi connectivity index (χ0v) is 43.8. The van der Waals surface area contributed by atoms with E-state index in [0.29, 0.717) is 68.1 Å². The summed E-state index contributed by atoms with van der Waals surface area (Å²) in [6.45, 7) is 5.58. The first-order chi connectivity index (χ1) is 34.0. The van der Waals surface area contributed by atoms with Crippen LogP contribution in [0.4, 0.5) is 4.79 Å². The number of aromatic nitrogens is 2. The second-order valence-corrected chi connectivity index (χ2v) is 19.8. The van der Waals surface area contributed by atoms with Crippen LogP contribution >= 0.6 is 0 Å². The van der Waals surface area contributed by atoms with Gasteiger partial charge in [-0.3, -0.25) is 24.0 Å². The molecule has 4 aliphatic heterocycles. The molecule has 2 aromatic heterocycles. The van der Waals surface area contributed by atoms with Crippen LogP contribution in [0, 0.1) is 5.41 Å². The fourth-order valence-corrected chi connectivity index (χ4v) is 10.7. The monoisotopic (exact) mass is 1180 g/mol.